The SMILES string of the molecule is CC(C)(C)OC(=O)N1CCN(C(N)=NCc2ncc(C(C)(C)C)o2)CC1. The molecule has 1 aromatic rings. The maximum atomic E-state index is 12.1. The number of aliphatic imine (C=N–C) groups is 1. The number of aromatic nitrogens is 1. The standard InChI is InChI=1S/C18H31N5O3/c1-17(2,3)13-11-20-14(25-13)12-21-15(19)22-7-9-23(10-8-22)16(24)26-18(4,5)6/h11H,7-10,12H2,1-6H3,(H2,19,21). The van der Waals surface area contributed by atoms with E-state index in [0.717, 1.165) is 5.76 Å². The van der Waals surface area contributed by atoms with Crippen LogP contribution in [-0.2, 0) is 16.7 Å². The fourth-order valence-electron chi connectivity index (χ4n) is 2.42. The van der Waals surface area contributed by atoms with Crippen molar-refractivity contribution < 1.29 is 13.9 Å². The molecule has 2 N–H and O–H groups in total. The molecule has 146 valence electrons. The molecule has 0 radical (unpaired) electrons. The number of amides is 1. The summed E-state index contributed by atoms with van der Waals surface area (Å²) in [4.78, 5) is 24.4. The average molecular weight is 365 g/mol. The molecule has 0 unspecified atom stereocenters. The van der Waals surface area contributed by atoms with E-state index in [1.165, 1.54) is 0 Å². The summed E-state index contributed by atoms with van der Waals surface area (Å²) in [6, 6.07) is 0. The van der Waals surface area contributed by atoms with Gasteiger partial charge in [0.15, 0.2) is 5.96 Å². The van der Waals surface area contributed by atoms with E-state index in [1.807, 2.05) is 25.7 Å². The highest BCUT2D eigenvalue weighted by atomic mass is 16.6. The quantitative estimate of drug-likeness (QED) is 0.638. The van der Waals surface area contributed by atoms with Gasteiger partial charge in [0.2, 0.25) is 5.89 Å². The van der Waals surface area contributed by atoms with Gasteiger partial charge in [-0.25, -0.2) is 14.8 Å². The van der Waals surface area contributed by atoms with Gasteiger partial charge in [-0.2, -0.15) is 0 Å². The van der Waals surface area contributed by atoms with Crippen LogP contribution in [0.3, 0.4) is 0 Å². The first-order chi connectivity index (χ1) is 12.0. The Bertz CT molecular complexity index is 647. The minimum atomic E-state index is -0.489. The number of ether oxygens (including phenoxy) is 1. The van der Waals surface area contributed by atoms with Crippen LogP contribution in [0.1, 0.15) is 53.2 Å². The van der Waals surface area contributed by atoms with Crippen molar-refractivity contribution in [2.75, 3.05) is 26.2 Å². The summed E-state index contributed by atoms with van der Waals surface area (Å²) in [6.45, 7) is 14.4. The van der Waals surface area contributed by atoms with Crippen LogP contribution in [0.15, 0.2) is 15.6 Å². The number of hydrogen-bond acceptors (Lipinski definition) is 5. The normalized spacial score (nSPS) is 16.8. The number of nitrogens with zero attached hydrogens (tertiary/aromatic N) is 4. The summed E-state index contributed by atoms with van der Waals surface area (Å²) in [5.41, 5.74) is 5.51. The van der Waals surface area contributed by atoms with Crippen LogP contribution < -0.4 is 5.73 Å². The van der Waals surface area contributed by atoms with E-state index in [9.17, 15) is 4.79 Å². The van der Waals surface area contributed by atoms with Gasteiger partial charge in [-0.3, -0.25) is 0 Å². The van der Waals surface area contributed by atoms with Crippen LogP contribution in [-0.4, -0.2) is 58.6 Å². The molecular weight excluding hydrogens is 334 g/mol. The highest BCUT2D eigenvalue weighted by Crippen LogP contribution is 2.22. The number of nitrogens with two attached hydrogens (primary N) is 1. The summed E-state index contributed by atoms with van der Waals surface area (Å²) in [5, 5.41) is 0. The molecule has 0 aliphatic carbocycles. The third-order valence-electron chi connectivity index (χ3n) is 3.92. The van der Waals surface area contributed by atoms with Gasteiger partial charge in [0.25, 0.3) is 0 Å². The van der Waals surface area contributed by atoms with Crippen molar-refractivity contribution in [3.05, 3.63) is 17.8 Å². The van der Waals surface area contributed by atoms with Crippen LogP contribution in [0.25, 0.3) is 0 Å². The second kappa shape index (κ2) is 7.55. The first kappa shape index (κ1) is 20.1. The molecule has 0 bridgehead atoms. The number of hydrogen-bond donors (Lipinski definition) is 1. The van der Waals surface area contributed by atoms with E-state index >= 15 is 0 Å². The van der Waals surface area contributed by atoms with Gasteiger partial charge in [-0.15, -0.1) is 0 Å². The maximum Gasteiger partial charge on any atom is 0.410 e. The number of piperazine rings is 1. The van der Waals surface area contributed by atoms with Crippen molar-refractivity contribution in [2.45, 2.75) is 59.1 Å². The van der Waals surface area contributed by atoms with Gasteiger partial charge in [0, 0.05) is 31.6 Å². The monoisotopic (exact) mass is 365 g/mol. The van der Waals surface area contributed by atoms with E-state index in [-0.39, 0.29) is 11.5 Å². The lowest BCUT2D eigenvalue weighted by atomic mass is 9.94. The van der Waals surface area contributed by atoms with E-state index in [1.54, 1.807) is 11.1 Å². The smallest absolute Gasteiger partial charge is 0.410 e. The third-order valence-corrected chi connectivity index (χ3v) is 3.92. The second-order valence-corrected chi connectivity index (χ2v) is 8.50. The summed E-state index contributed by atoms with van der Waals surface area (Å²) < 4.78 is 11.1. The van der Waals surface area contributed by atoms with Crippen molar-refractivity contribution >= 4 is 12.1 Å². The number of oxazole rings is 1. The Morgan fingerprint density at radius 2 is 1.77 bits per heavy atom. The van der Waals surface area contributed by atoms with Crippen LogP contribution in [0.2, 0.25) is 0 Å². The fraction of sp³-hybridized carbons (Fsp3) is 0.722. The Morgan fingerprint density at radius 3 is 2.27 bits per heavy atom. The Balaban J connectivity index is 1.86. The topological polar surface area (TPSA) is 97.2 Å². The minimum Gasteiger partial charge on any atom is -0.444 e. The molecule has 1 saturated heterocycles. The van der Waals surface area contributed by atoms with Gasteiger partial charge in [-0.05, 0) is 20.8 Å². The van der Waals surface area contributed by atoms with E-state index < -0.39 is 5.60 Å². The van der Waals surface area contributed by atoms with E-state index in [2.05, 4.69) is 30.7 Å². The predicted octanol–water partition coefficient (Wildman–Crippen LogP) is 2.34. The molecule has 8 heteroatoms. The molecule has 1 aliphatic rings. The molecule has 2 heterocycles. The average Bonchev–Trinajstić information content (AvgIpc) is 3.00. The molecule has 0 atom stereocenters. The second-order valence-electron chi connectivity index (χ2n) is 8.50. The third kappa shape index (κ3) is 5.64. The summed E-state index contributed by atoms with van der Waals surface area (Å²) in [7, 11) is 0. The molecule has 1 amide bonds. The molecule has 1 aliphatic heterocycles. The summed E-state index contributed by atoms with van der Waals surface area (Å²) in [6.07, 6.45) is 1.45. The van der Waals surface area contributed by atoms with Crippen molar-refractivity contribution in [3.8, 4) is 0 Å². The van der Waals surface area contributed by atoms with Crippen molar-refractivity contribution in [3.63, 3.8) is 0 Å². The zero-order valence-corrected chi connectivity index (χ0v) is 16.7. The fourth-order valence-corrected chi connectivity index (χ4v) is 2.42. The number of carbonyl (C=O) groups is 1. The lowest BCUT2D eigenvalue weighted by Gasteiger charge is -2.36. The highest BCUT2D eigenvalue weighted by Gasteiger charge is 2.26. The summed E-state index contributed by atoms with van der Waals surface area (Å²) >= 11 is 0. The molecule has 1 aromatic heterocycles. The molecule has 26 heavy (non-hydrogen) atoms. The lowest BCUT2D eigenvalue weighted by molar-refractivity contribution is 0.0186. The molecule has 0 saturated carbocycles. The zero-order valence-electron chi connectivity index (χ0n) is 16.7. The minimum absolute atomic E-state index is 0.0848. The van der Waals surface area contributed by atoms with Gasteiger partial charge < -0.3 is 24.7 Å². The van der Waals surface area contributed by atoms with Gasteiger partial charge in [0.05, 0.1) is 6.20 Å². The van der Waals surface area contributed by atoms with Gasteiger partial charge >= 0.3 is 6.09 Å². The molecule has 8 nitrogen and oxygen atoms in total. The van der Waals surface area contributed by atoms with Crippen molar-refractivity contribution in [1.29, 1.82) is 0 Å². The molecule has 0 aromatic carbocycles. The lowest BCUT2D eigenvalue weighted by Crippen LogP contribution is -2.53. The van der Waals surface area contributed by atoms with Crippen LogP contribution in [0, 0.1) is 0 Å². The maximum absolute atomic E-state index is 12.1. The molecular formula is C18H31N5O3. The van der Waals surface area contributed by atoms with Gasteiger partial charge in [-0.1, -0.05) is 20.8 Å². The van der Waals surface area contributed by atoms with Gasteiger partial charge in [0.1, 0.15) is 17.9 Å². The van der Waals surface area contributed by atoms with Crippen LogP contribution in [0.5, 0.6) is 0 Å². The Kier molecular flexibility index (Phi) is 5.83. The van der Waals surface area contributed by atoms with Crippen molar-refractivity contribution in [1.82, 2.24) is 14.8 Å². The number of rotatable bonds is 2. The van der Waals surface area contributed by atoms with E-state index in [0.29, 0.717) is 44.6 Å². The first-order valence-electron chi connectivity index (χ1n) is 8.94. The number of guanidine groups is 1. The number of carbonyl (C=O) groups excluding carboxylic acids is 1. The van der Waals surface area contributed by atoms with Crippen molar-refractivity contribution in [2.24, 2.45) is 10.7 Å². The largest absolute Gasteiger partial charge is 0.444 e. The Morgan fingerprint density at radius 1 is 1.19 bits per heavy atom. The highest BCUT2D eigenvalue weighted by molar-refractivity contribution is 5.78. The summed E-state index contributed by atoms with van der Waals surface area (Å²) in [5.74, 6) is 1.81. The first-order valence-corrected chi connectivity index (χ1v) is 8.94. The molecule has 0 spiro atoms. The predicted molar refractivity (Wildman–Crippen MR) is 99.9 cm³/mol. The van der Waals surface area contributed by atoms with Crippen LogP contribution >= 0.6 is 0 Å². The molecule has 1 fully saturated rings. The Hall–Kier alpha value is -2.25. The molecule has 2 rings (SSSR count). The Labute approximate surface area is 155 Å². The van der Waals surface area contributed by atoms with E-state index in [4.69, 9.17) is 14.9 Å². The van der Waals surface area contributed by atoms with Crippen LogP contribution in [0.4, 0.5) is 4.79 Å². The zero-order chi connectivity index (χ0) is 19.5.